The van der Waals surface area contributed by atoms with Crippen molar-refractivity contribution in [2.24, 2.45) is 0 Å². The van der Waals surface area contributed by atoms with Crippen molar-refractivity contribution in [1.82, 2.24) is 4.57 Å². The normalized spacial score (nSPS) is 13.6. The van der Waals surface area contributed by atoms with Crippen molar-refractivity contribution in [1.29, 1.82) is 0 Å². The zero-order chi connectivity index (χ0) is 14.4. The smallest absolute Gasteiger partial charge is 0.152 e. The molecule has 2 aromatic carbocycles. The van der Waals surface area contributed by atoms with Crippen molar-refractivity contribution >= 4 is 17.2 Å². The van der Waals surface area contributed by atoms with Crippen molar-refractivity contribution in [2.75, 3.05) is 0 Å². The maximum atomic E-state index is 13.7. The molecule has 2 heterocycles. The number of rotatable bonds is 1. The number of halogens is 1. The van der Waals surface area contributed by atoms with Gasteiger partial charge < -0.3 is 4.57 Å². The minimum atomic E-state index is -0.260. The SMILES string of the molecule is O=Cc1c2n(c3ccccc13)CCCc1ccc(F)cc1-2. The van der Waals surface area contributed by atoms with Gasteiger partial charge in [0.1, 0.15) is 5.82 Å². The molecule has 21 heavy (non-hydrogen) atoms. The van der Waals surface area contributed by atoms with Crippen molar-refractivity contribution in [2.45, 2.75) is 19.4 Å². The molecule has 0 unspecified atom stereocenters. The fourth-order valence-corrected chi connectivity index (χ4v) is 3.39. The van der Waals surface area contributed by atoms with Crippen LogP contribution in [0.2, 0.25) is 0 Å². The molecule has 3 heteroatoms. The lowest BCUT2D eigenvalue weighted by Crippen LogP contribution is -1.98. The van der Waals surface area contributed by atoms with Gasteiger partial charge in [0, 0.05) is 28.6 Å². The zero-order valence-electron chi connectivity index (χ0n) is 11.5. The highest BCUT2D eigenvalue weighted by Crippen LogP contribution is 2.37. The van der Waals surface area contributed by atoms with Crippen LogP contribution in [0.5, 0.6) is 0 Å². The molecule has 0 radical (unpaired) electrons. The number of para-hydroxylation sites is 1. The van der Waals surface area contributed by atoms with Crippen molar-refractivity contribution in [3.8, 4) is 11.3 Å². The molecule has 0 saturated carbocycles. The number of fused-ring (bicyclic) bond motifs is 5. The number of aromatic nitrogens is 1. The Balaban J connectivity index is 2.17. The minimum absolute atomic E-state index is 0.260. The maximum Gasteiger partial charge on any atom is 0.152 e. The second-order valence-corrected chi connectivity index (χ2v) is 5.45. The largest absolute Gasteiger partial charge is 0.340 e. The van der Waals surface area contributed by atoms with E-state index in [0.29, 0.717) is 5.56 Å². The second kappa shape index (κ2) is 4.55. The third-order valence-electron chi connectivity index (χ3n) is 4.28. The summed E-state index contributed by atoms with van der Waals surface area (Å²) in [5.74, 6) is -0.260. The molecule has 0 saturated heterocycles. The van der Waals surface area contributed by atoms with Crippen molar-refractivity contribution in [3.05, 3.63) is 59.4 Å². The van der Waals surface area contributed by atoms with E-state index in [4.69, 9.17) is 0 Å². The van der Waals surface area contributed by atoms with Crippen LogP contribution in [0.1, 0.15) is 22.3 Å². The van der Waals surface area contributed by atoms with Crippen LogP contribution in [0, 0.1) is 5.82 Å². The third kappa shape index (κ3) is 1.74. The Bertz CT molecular complexity index is 863. The summed E-state index contributed by atoms with van der Waals surface area (Å²) in [4.78, 5) is 11.7. The van der Waals surface area contributed by atoms with Crippen LogP contribution in [0.4, 0.5) is 4.39 Å². The molecule has 0 N–H and O–H groups in total. The zero-order valence-corrected chi connectivity index (χ0v) is 11.5. The fourth-order valence-electron chi connectivity index (χ4n) is 3.39. The predicted molar refractivity (Wildman–Crippen MR) is 81.0 cm³/mol. The number of benzene rings is 2. The summed E-state index contributed by atoms with van der Waals surface area (Å²) in [6.07, 6.45) is 2.79. The summed E-state index contributed by atoms with van der Waals surface area (Å²) in [6.45, 7) is 0.847. The van der Waals surface area contributed by atoms with Gasteiger partial charge in [-0.2, -0.15) is 0 Å². The van der Waals surface area contributed by atoms with Gasteiger partial charge in [-0.05, 0) is 36.6 Å². The van der Waals surface area contributed by atoms with Gasteiger partial charge in [0.25, 0.3) is 0 Å². The number of hydrogen-bond donors (Lipinski definition) is 0. The van der Waals surface area contributed by atoms with Crippen LogP contribution in [0.15, 0.2) is 42.5 Å². The van der Waals surface area contributed by atoms with Crippen LogP contribution < -0.4 is 0 Å². The van der Waals surface area contributed by atoms with E-state index in [9.17, 15) is 9.18 Å². The van der Waals surface area contributed by atoms with E-state index in [0.717, 1.165) is 53.4 Å². The standard InChI is InChI=1S/C18H14FNO/c19-13-8-7-12-4-3-9-20-17-6-2-1-5-14(17)16(11-21)18(20)15(12)10-13/h1-2,5-8,10-11H,3-4,9H2. The molecule has 0 aliphatic carbocycles. The Morgan fingerprint density at radius 1 is 1.14 bits per heavy atom. The highest BCUT2D eigenvalue weighted by molar-refractivity contribution is 6.05. The summed E-state index contributed by atoms with van der Waals surface area (Å²) >= 11 is 0. The molecule has 0 amide bonds. The quantitative estimate of drug-likeness (QED) is 0.612. The first kappa shape index (κ1) is 12.3. The predicted octanol–water partition coefficient (Wildman–Crippen LogP) is 4.21. The molecule has 1 aromatic heterocycles. The molecule has 0 fully saturated rings. The minimum Gasteiger partial charge on any atom is -0.340 e. The highest BCUT2D eigenvalue weighted by atomic mass is 19.1. The third-order valence-corrected chi connectivity index (χ3v) is 4.28. The van der Waals surface area contributed by atoms with Gasteiger partial charge in [-0.25, -0.2) is 4.39 Å². The summed E-state index contributed by atoms with van der Waals surface area (Å²) in [7, 11) is 0. The summed E-state index contributed by atoms with van der Waals surface area (Å²) in [5, 5.41) is 0.944. The van der Waals surface area contributed by atoms with Crippen LogP contribution in [0.3, 0.4) is 0 Å². The molecule has 2 nitrogen and oxygen atoms in total. The number of nitrogens with zero attached hydrogens (tertiary/aromatic N) is 1. The van der Waals surface area contributed by atoms with E-state index < -0.39 is 0 Å². The van der Waals surface area contributed by atoms with Gasteiger partial charge in [-0.1, -0.05) is 24.3 Å². The van der Waals surface area contributed by atoms with Crippen molar-refractivity contribution in [3.63, 3.8) is 0 Å². The lowest BCUT2D eigenvalue weighted by Gasteiger charge is -2.09. The monoisotopic (exact) mass is 279 g/mol. The first-order chi connectivity index (χ1) is 10.3. The molecule has 104 valence electrons. The van der Waals surface area contributed by atoms with Gasteiger partial charge in [-0.3, -0.25) is 4.79 Å². The molecular formula is C18H14FNO. The van der Waals surface area contributed by atoms with Gasteiger partial charge in [-0.15, -0.1) is 0 Å². The summed E-state index contributed by atoms with van der Waals surface area (Å²) < 4.78 is 15.9. The molecule has 4 rings (SSSR count). The van der Waals surface area contributed by atoms with Gasteiger partial charge >= 0.3 is 0 Å². The Labute approximate surface area is 121 Å². The number of carbonyl (C=O) groups is 1. The molecule has 0 bridgehead atoms. The van der Waals surface area contributed by atoms with E-state index in [2.05, 4.69) is 4.57 Å². The summed E-state index contributed by atoms with van der Waals surface area (Å²) in [6, 6.07) is 12.8. The lowest BCUT2D eigenvalue weighted by molar-refractivity contribution is 0.112. The Kier molecular flexibility index (Phi) is 2.67. The molecule has 1 aliphatic heterocycles. The molecule has 0 spiro atoms. The van der Waals surface area contributed by atoms with Crippen LogP contribution in [-0.4, -0.2) is 10.9 Å². The van der Waals surface area contributed by atoms with E-state index in [1.165, 1.54) is 6.07 Å². The highest BCUT2D eigenvalue weighted by Gasteiger charge is 2.22. The topological polar surface area (TPSA) is 22.0 Å². The summed E-state index contributed by atoms with van der Waals surface area (Å²) in [5.41, 5.74) is 4.54. The van der Waals surface area contributed by atoms with Crippen LogP contribution in [-0.2, 0) is 13.0 Å². The molecular weight excluding hydrogens is 265 g/mol. The average molecular weight is 279 g/mol. The Morgan fingerprint density at radius 3 is 2.86 bits per heavy atom. The van der Waals surface area contributed by atoms with Crippen LogP contribution >= 0.6 is 0 Å². The average Bonchev–Trinajstić information content (AvgIpc) is 2.70. The Hall–Kier alpha value is -2.42. The molecule has 0 atom stereocenters. The first-order valence-electron chi connectivity index (χ1n) is 7.15. The fraction of sp³-hybridized carbons (Fsp3) is 0.167. The number of hydrogen-bond acceptors (Lipinski definition) is 1. The lowest BCUT2D eigenvalue weighted by atomic mass is 9.98. The maximum absolute atomic E-state index is 13.7. The van der Waals surface area contributed by atoms with E-state index in [1.54, 1.807) is 6.07 Å². The first-order valence-corrected chi connectivity index (χ1v) is 7.15. The molecule has 3 aromatic rings. The number of aldehydes is 1. The number of aryl methyl sites for hydroxylation is 2. The second-order valence-electron chi connectivity index (χ2n) is 5.45. The number of carbonyl (C=O) groups excluding carboxylic acids is 1. The Morgan fingerprint density at radius 2 is 2.00 bits per heavy atom. The van der Waals surface area contributed by atoms with Gasteiger partial charge in [0.2, 0.25) is 0 Å². The van der Waals surface area contributed by atoms with Crippen molar-refractivity contribution < 1.29 is 9.18 Å². The van der Waals surface area contributed by atoms with Gasteiger partial charge in [0.05, 0.1) is 5.69 Å². The van der Waals surface area contributed by atoms with E-state index >= 15 is 0 Å². The molecule has 1 aliphatic rings. The van der Waals surface area contributed by atoms with Gasteiger partial charge in [0.15, 0.2) is 6.29 Å². The van der Waals surface area contributed by atoms with E-state index in [-0.39, 0.29) is 5.82 Å². The van der Waals surface area contributed by atoms with Crippen LogP contribution in [0.25, 0.3) is 22.2 Å². The van der Waals surface area contributed by atoms with E-state index in [1.807, 2.05) is 30.3 Å².